The summed E-state index contributed by atoms with van der Waals surface area (Å²) in [6.07, 6.45) is 3.65. The molecule has 1 rings (SSSR count). The molecule has 0 aliphatic heterocycles. The van der Waals surface area contributed by atoms with E-state index < -0.39 is 0 Å². The Morgan fingerprint density at radius 3 is 2.93 bits per heavy atom. The molecule has 1 unspecified atom stereocenters. The first-order valence-electron chi connectivity index (χ1n) is 5.35. The lowest BCUT2D eigenvalue weighted by atomic mass is 10.0. The second-order valence-electron chi connectivity index (χ2n) is 3.61. The summed E-state index contributed by atoms with van der Waals surface area (Å²) in [5, 5.41) is 3.36. The van der Waals surface area contributed by atoms with Gasteiger partial charge >= 0.3 is 0 Å². The van der Waals surface area contributed by atoms with E-state index in [-0.39, 0.29) is 5.82 Å². The average molecular weight is 207 g/mol. The van der Waals surface area contributed by atoms with Gasteiger partial charge in [0.25, 0.3) is 0 Å². The van der Waals surface area contributed by atoms with Gasteiger partial charge in [0.1, 0.15) is 5.82 Å². The fourth-order valence-electron chi connectivity index (χ4n) is 1.68. The van der Waals surface area contributed by atoms with Crippen LogP contribution in [0.1, 0.15) is 18.9 Å². The highest BCUT2D eigenvalue weighted by Crippen LogP contribution is 2.08. The molecular formula is C13H18FN. The van der Waals surface area contributed by atoms with Gasteiger partial charge in [-0.05, 0) is 37.1 Å². The normalized spacial score (nSPS) is 12.4. The molecular weight excluding hydrogens is 189 g/mol. The summed E-state index contributed by atoms with van der Waals surface area (Å²) in [5.74, 6) is -0.165. The van der Waals surface area contributed by atoms with Crippen LogP contribution in [0.15, 0.2) is 36.9 Å². The van der Waals surface area contributed by atoms with E-state index >= 15 is 0 Å². The van der Waals surface area contributed by atoms with Gasteiger partial charge in [-0.3, -0.25) is 0 Å². The molecule has 1 aromatic carbocycles. The van der Waals surface area contributed by atoms with E-state index in [1.165, 1.54) is 6.07 Å². The third-order valence-corrected chi connectivity index (χ3v) is 2.32. The van der Waals surface area contributed by atoms with Crippen molar-refractivity contribution in [3.63, 3.8) is 0 Å². The predicted octanol–water partition coefficient (Wildman–Crippen LogP) is 2.92. The Balaban J connectivity index is 2.60. The van der Waals surface area contributed by atoms with Crippen molar-refractivity contribution in [2.45, 2.75) is 25.8 Å². The zero-order chi connectivity index (χ0) is 11.1. The third-order valence-electron chi connectivity index (χ3n) is 2.32. The lowest BCUT2D eigenvalue weighted by Gasteiger charge is -2.15. The fourth-order valence-corrected chi connectivity index (χ4v) is 1.68. The van der Waals surface area contributed by atoms with Crippen molar-refractivity contribution in [1.29, 1.82) is 0 Å². The van der Waals surface area contributed by atoms with E-state index in [2.05, 4.69) is 18.8 Å². The Morgan fingerprint density at radius 2 is 2.33 bits per heavy atom. The predicted molar refractivity (Wildman–Crippen MR) is 62.4 cm³/mol. The van der Waals surface area contributed by atoms with E-state index in [9.17, 15) is 4.39 Å². The maximum Gasteiger partial charge on any atom is 0.123 e. The summed E-state index contributed by atoms with van der Waals surface area (Å²) in [6, 6.07) is 7.12. The van der Waals surface area contributed by atoms with E-state index in [1.54, 1.807) is 12.1 Å². The molecule has 0 spiro atoms. The van der Waals surface area contributed by atoms with Crippen molar-refractivity contribution in [3.8, 4) is 0 Å². The molecule has 0 aromatic heterocycles. The first-order valence-corrected chi connectivity index (χ1v) is 5.35. The minimum absolute atomic E-state index is 0.165. The highest BCUT2D eigenvalue weighted by molar-refractivity contribution is 5.17. The van der Waals surface area contributed by atoms with Crippen molar-refractivity contribution in [2.75, 3.05) is 6.54 Å². The third kappa shape index (κ3) is 4.26. The van der Waals surface area contributed by atoms with Crippen LogP contribution < -0.4 is 5.32 Å². The van der Waals surface area contributed by atoms with E-state index in [4.69, 9.17) is 0 Å². The Kier molecular flexibility index (Phi) is 5.05. The van der Waals surface area contributed by atoms with Gasteiger partial charge in [0.15, 0.2) is 0 Å². The molecule has 0 heterocycles. The molecule has 82 valence electrons. The summed E-state index contributed by atoms with van der Waals surface area (Å²) < 4.78 is 12.9. The Labute approximate surface area is 91.0 Å². The van der Waals surface area contributed by atoms with Gasteiger partial charge in [0.05, 0.1) is 0 Å². The number of rotatable bonds is 6. The first kappa shape index (κ1) is 11.9. The standard InChI is InChI=1S/C13H18FN/c1-3-6-13(15-4-2)10-11-7-5-8-12(14)9-11/h3,5,7-9,13,15H,1,4,6,10H2,2H3. The summed E-state index contributed by atoms with van der Waals surface area (Å²) in [7, 11) is 0. The maximum atomic E-state index is 12.9. The van der Waals surface area contributed by atoms with Crippen LogP contribution in [-0.4, -0.2) is 12.6 Å². The molecule has 1 aromatic rings. The van der Waals surface area contributed by atoms with Crippen molar-refractivity contribution in [1.82, 2.24) is 5.32 Å². The maximum absolute atomic E-state index is 12.9. The Hall–Kier alpha value is -1.15. The van der Waals surface area contributed by atoms with Gasteiger partial charge in [-0.15, -0.1) is 6.58 Å². The number of hydrogen-bond donors (Lipinski definition) is 1. The van der Waals surface area contributed by atoms with Crippen LogP contribution in [0.4, 0.5) is 4.39 Å². The molecule has 0 saturated carbocycles. The van der Waals surface area contributed by atoms with E-state index in [0.29, 0.717) is 6.04 Å². The first-order chi connectivity index (χ1) is 7.26. The number of nitrogens with one attached hydrogen (secondary N) is 1. The van der Waals surface area contributed by atoms with Crippen LogP contribution in [0.25, 0.3) is 0 Å². The quantitative estimate of drug-likeness (QED) is 0.707. The van der Waals surface area contributed by atoms with Crippen LogP contribution in [0.5, 0.6) is 0 Å². The topological polar surface area (TPSA) is 12.0 Å². The molecule has 0 radical (unpaired) electrons. The zero-order valence-corrected chi connectivity index (χ0v) is 9.17. The molecule has 1 nitrogen and oxygen atoms in total. The highest BCUT2D eigenvalue weighted by Gasteiger charge is 2.06. The van der Waals surface area contributed by atoms with Crippen LogP contribution in [-0.2, 0) is 6.42 Å². The second kappa shape index (κ2) is 6.36. The molecule has 1 atom stereocenters. The largest absolute Gasteiger partial charge is 0.314 e. The summed E-state index contributed by atoms with van der Waals surface area (Å²) in [6.45, 7) is 6.72. The van der Waals surface area contributed by atoms with Gasteiger partial charge in [0, 0.05) is 6.04 Å². The van der Waals surface area contributed by atoms with Crippen molar-refractivity contribution in [3.05, 3.63) is 48.3 Å². The van der Waals surface area contributed by atoms with Crippen molar-refractivity contribution in [2.24, 2.45) is 0 Å². The molecule has 0 bridgehead atoms. The van der Waals surface area contributed by atoms with Gasteiger partial charge in [-0.25, -0.2) is 4.39 Å². The second-order valence-corrected chi connectivity index (χ2v) is 3.61. The number of likely N-dealkylation sites (N-methyl/N-ethyl adjacent to an activating group) is 1. The summed E-state index contributed by atoms with van der Waals surface area (Å²) in [4.78, 5) is 0. The monoisotopic (exact) mass is 207 g/mol. The molecule has 2 heteroatoms. The molecule has 15 heavy (non-hydrogen) atoms. The highest BCUT2D eigenvalue weighted by atomic mass is 19.1. The van der Waals surface area contributed by atoms with Gasteiger partial charge in [-0.2, -0.15) is 0 Å². The smallest absolute Gasteiger partial charge is 0.123 e. The summed E-state index contributed by atoms with van der Waals surface area (Å²) in [5.41, 5.74) is 1.03. The molecule has 0 aliphatic rings. The molecule has 1 N–H and O–H groups in total. The average Bonchev–Trinajstić information content (AvgIpc) is 2.18. The molecule has 0 aliphatic carbocycles. The van der Waals surface area contributed by atoms with Crippen molar-refractivity contribution >= 4 is 0 Å². The SMILES string of the molecule is C=CCC(Cc1cccc(F)c1)NCC. The lowest BCUT2D eigenvalue weighted by Crippen LogP contribution is -2.30. The lowest BCUT2D eigenvalue weighted by molar-refractivity contribution is 0.527. The zero-order valence-electron chi connectivity index (χ0n) is 9.17. The number of benzene rings is 1. The number of halogens is 1. The number of hydrogen-bond acceptors (Lipinski definition) is 1. The van der Waals surface area contributed by atoms with Crippen LogP contribution in [0, 0.1) is 5.82 Å². The van der Waals surface area contributed by atoms with Crippen LogP contribution in [0.3, 0.4) is 0 Å². The fraction of sp³-hybridized carbons (Fsp3) is 0.385. The van der Waals surface area contributed by atoms with Crippen LogP contribution >= 0.6 is 0 Å². The summed E-state index contributed by atoms with van der Waals surface area (Å²) >= 11 is 0. The van der Waals surface area contributed by atoms with Crippen molar-refractivity contribution < 1.29 is 4.39 Å². The molecule has 0 fully saturated rings. The van der Waals surface area contributed by atoms with E-state index in [1.807, 2.05) is 12.1 Å². The minimum Gasteiger partial charge on any atom is -0.314 e. The Bertz CT molecular complexity index is 309. The minimum atomic E-state index is -0.165. The van der Waals surface area contributed by atoms with Gasteiger partial charge < -0.3 is 5.32 Å². The van der Waals surface area contributed by atoms with Gasteiger partial charge in [-0.1, -0.05) is 25.1 Å². The van der Waals surface area contributed by atoms with Crippen LogP contribution in [0.2, 0.25) is 0 Å². The van der Waals surface area contributed by atoms with Gasteiger partial charge in [0.2, 0.25) is 0 Å². The molecule has 0 amide bonds. The Morgan fingerprint density at radius 1 is 1.53 bits per heavy atom. The van der Waals surface area contributed by atoms with E-state index in [0.717, 1.165) is 24.9 Å². The molecule has 0 saturated heterocycles.